The summed E-state index contributed by atoms with van der Waals surface area (Å²) in [5.74, 6) is -2.25. The molecule has 1 heterocycles. The van der Waals surface area contributed by atoms with Crippen molar-refractivity contribution in [2.45, 2.75) is 13.1 Å². The molecule has 0 aliphatic heterocycles. The van der Waals surface area contributed by atoms with Gasteiger partial charge in [-0.15, -0.1) is 5.10 Å². The van der Waals surface area contributed by atoms with Gasteiger partial charge in [0.05, 0.1) is 17.2 Å². The lowest BCUT2D eigenvalue weighted by atomic mass is 10.2. The molecule has 0 unspecified atom stereocenters. The number of benzene rings is 1. The molecule has 0 radical (unpaired) electrons. The molecule has 0 spiro atoms. The summed E-state index contributed by atoms with van der Waals surface area (Å²) in [4.78, 5) is 20.6. The van der Waals surface area contributed by atoms with Crippen molar-refractivity contribution in [3.05, 3.63) is 51.1 Å². The fourth-order valence-electron chi connectivity index (χ4n) is 1.80. The number of carboxylic acid groups (broad SMARTS) is 1. The average molecular weight is 295 g/mol. The molecule has 2 rings (SSSR count). The number of carbonyl (C=O) groups is 1. The molecule has 0 aliphatic rings. The molecule has 1 aromatic carbocycles. The number of hydrogen-bond acceptors (Lipinski definition) is 6. The standard InChI is InChI=1S/C11H10FN5O4/c12-7-3-6(1-2-8(7)17(20)21)5-16-9(4-13)10(11(18)19)14-15-16/h1-3H,4-5,13H2,(H,18,19). The third-order valence-corrected chi connectivity index (χ3v) is 2.77. The molecular weight excluding hydrogens is 285 g/mol. The first-order chi connectivity index (χ1) is 9.93. The van der Waals surface area contributed by atoms with Crippen molar-refractivity contribution in [2.24, 2.45) is 5.73 Å². The van der Waals surface area contributed by atoms with E-state index in [2.05, 4.69) is 10.3 Å². The summed E-state index contributed by atoms with van der Waals surface area (Å²) in [5.41, 5.74) is 5.09. The van der Waals surface area contributed by atoms with E-state index in [1.165, 1.54) is 10.7 Å². The Bertz CT molecular complexity index is 715. The molecule has 1 aromatic heterocycles. The van der Waals surface area contributed by atoms with E-state index in [1.54, 1.807) is 0 Å². The van der Waals surface area contributed by atoms with Gasteiger partial charge in [-0.25, -0.2) is 9.48 Å². The van der Waals surface area contributed by atoms with Gasteiger partial charge >= 0.3 is 11.7 Å². The maximum atomic E-state index is 13.5. The highest BCUT2D eigenvalue weighted by atomic mass is 19.1. The van der Waals surface area contributed by atoms with Crippen LogP contribution in [-0.4, -0.2) is 31.0 Å². The monoisotopic (exact) mass is 295 g/mol. The first kappa shape index (κ1) is 14.5. The normalized spacial score (nSPS) is 10.6. The summed E-state index contributed by atoms with van der Waals surface area (Å²) in [7, 11) is 0. The summed E-state index contributed by atoms with van der Waals surface area (Å²) in [6.45, 7) is -0.105. The highest BCUT2D eigenvalue weighted by Gasteiger charge is 2.19. The molecule has 0 saturated carbocycles. The minimum absolute atomic E-state index is 0.00171. The Morgan fingerprint density at radius 1 is 1.52 bits per heavy atom. The molecule has 0 amide bonds. The Balaban J connectivity index is 2.32. The van der Waals surface area contributed by atoms with Crippen molar-refractivity contribution in [2.75, 3.05) is 0 Å². The zero-order chi connectivity index (χ0) is 15.6. The third-order valence-electron chi connectivity index (χ3n) is 2.77. The lowest BCUT2D eigenvalue weighted by Crippen LogP contribution is -2.13. The van der Waals surface area contributed by atoms with E-state index in [-0.39, 0.29) is 24.5 Å². The van der Waals surface area contributed by atoms with E-state index in [4.69, 9.17) is 10.8 Å². The van der Waals surface area contributed by atoms with Gasteiger partial charge in [-0.05, 0) is 11.6 Å². The molecule has 0 aliphatic carbocycles. The second-order valence-electron chi connectivity index (χ2n) is 4.09. The third kappa shape index (κ3) is 2.84. The maximum absolute atomic E-state index is 13.5. The Hall–Kier alpha value is -2.88. The van der Waals surface area contributed by atoms with Crippen LogP contribution in [0, 0.1) is 15.9 Å². The van der Waals surface area contributed by atoms with Crippen LogP contribution in [0.15, 0.2) is 18.2 Å². The van der Waals surface area contributed by atoms with E-state index in [1.807, 2.05) is 0 Å². The predicted octanol–water partition coefficient (Wildman–Crippen LogP) is 0.531. The summed E-state index contributed by atoms with van der Waals surface area (Å²) >= 11 is 0. The Kier molecular flexibility index (Phi) is 3.89. The zero-order valence-electron chi connectivity index (χ0n) is 10.6. The van der Waals surface area contributed by atoms with Gasteiger partial charge in [-0.1, -0.05) is 11.3 Å². The van der Waals surface area contributed by atoms with Crippen molar-refractivity contribution in [3.8, 4) is 0 Å². The lowest BCUT2D eigenvalue weighted by molar-refractivity contribution is -0.387. The molecule has 0 saturated heterocycles. The van der Waals surface area contributed by atoms with Crippen molar-refractivity contribution < 1.29 is 19.2 Å². The average Bonchev–Trinajstić information content (AvgIpc) is 2.81. The minimum atomic E-state index is -1.27. The number of nitrogens with two attached hydrogens (primary N) is 1. The summed E-state index contributed by atoms with van der Waals surface area (Å²) < 4.78 is 14.7. The highest BCUT2D eigenvalue weighted by molar-refractivity contribution is 5.86. The van der Waals surface area contributed by atoms with Gasteiger partial charge in [-0.3, -0.25) is 10.1 Å². The fourth-order valence-corrected chi connectivity index (χ4v) is 1.80. The van der Waals surface area contributed by atoms with Gasteiger partial charge in [0.2, 0.25) is 5.82 Å². The van der Waals surface area contributed by atoms with Gasteiger partial charge in [0.15, 0.2) is 5.69 Å². The smallest absolute Gasteiger partial charge is 0.358 e. The van der Waals surface area contributed by atoms with Crippen LogP contribution < -0.4 is 5.73 Å². The second-order valence-corrected chi connectivity index (χ2v) is 4.09. The molecule has 0 bridgehead atoms. The topological polar surface area (TPSA) is 137 Å². The minimum Gasteiger partial charge on any atom is -0.476 e. The van der Waals surface area contributed by atoms with Crippen LogP contribution in [0.1, 0.15) is 21.7 Å². The fraction of sp³-hybridized carbons (Fsp3) is 0.182. The van der Waals surface area contributed by atoms with Crippen LogP contribution in [0.3, 0.4) is 0 Å². The highest BCUT2D eigenvalue weighted by Crippen LogP contribution is 2.19. The number of rotatable bonds is 5. The largest absolute Gasteiger partial charge is 0.476 e. The molecular formula is C11H10FN5O4. The first-order valence-electron chi connectivity index (χ1n) is 5.72. The summed E-state index contributed by atoms with van der Waals surface area (Å²) in [5, 5.41) is 26.6. The molecule has 0 fully saturated rings. The van der Waals surface area contributed by atoms with Crippen LogP contribution >= 0.6 is 0 Å². The molecule has 2 aromatic rings. The van der Waals surface area contributed by atoms with Gasteiger partial charge in [-0.2, -0.15) is 4.39 Å². The van der Waals surface area contributed by atoms with Crippen molar-refractivity contribution in [3.63, 3.8) is 0 Å². The summed E-state index contributed by atoms with van der Waals surface area (Å²) in [6.07, 6.45) is 0. The second kappa shape index (κ2) is 5.63. The number of nitro groups is 1. The quantitative estimate of drug-likeness (QED) is 0.606. The lowest BCUT2D eigenvalue weighted by Gasteiger charge is -2.05. The number of aromatic nitrogens is 3. The SMILES string of the molecule is NCc1c(C(=O)O)nnn1Cc1ccc([N+](=O)[O-])c(F)c1. The molecule has 10 heteroatoms. The van der Waals surface area contributed by atoms with Crippen molar-refractivity contribution in [1.29, 1.82) is 0 Å². The van der Waals surface area contributed by atoms with Crippen molar-refractivity contribution >= 4 is 11.7 Å². The van der Waals surface area contributed by atoms with E-state index >= 15 is 0 Å². The molecule has 0 atom stereocenters. The Labute approximate surface area is 116 Å². The molecule has 3 N–H and O–H groups in total. The molecule has 110 valence electrons. The van der Waals surface area contributed by atoms with Gasteiger partial charge in [0.1, 0.15) is 0 Å². The summed E-state index contributed by atoms with van der Waals surface area (Å²) in [6, 6.07) is 3.37. The van der Waals surface area contributed by atoms with E-state index in [0.717, 1.165) is 12.1 Å². The van der Waals surface area contributed by atoms with Gasteiger partial charge in [0.25, 0.3) is 0 Å². The molecule has 21 heavy (non-hydrogen) atoms. The Morgan fingerprint density at radius 3 is 2.76 bits per heavy atom. The van der Waals surface area contributed by atoms with Gasteiger partial charge < -0.3 is 10.8 Å². The van der Waals surface area contributed by atoms with Crippen LogP contribution in [-0.2, 0) is 13.1 Å². The number of nitrogens with zero attached hydrogens (tertiary/aromatic N) is 4. The van der Waals surface area contributed by atoms with E-state index in [0.29, 0.717) is 5.56 Å². The Morgan fingerprint density at radius 2 is 2.24 bits per heavy atom. The molecule has 9 nitrogen and oxygen atoms in total. The maximum Gasteiger partial charge on any atom is 0.358 e. The van der Waals surface area contributed by atoms with Crippen LogP contribution in [0.4, 0.5) is 10.1 Å². The number of halogens is 1. The predicted molar refractivity (Wildman–Crippen MR) is 67.0 cm³/mol. The number of hydrogen-bond donors (Lipinski definition) is 2. The zero-order valence-corrected chi connectivity index (χ0v) is 10.6. The van der Waals surface area contributed by atoms with Crippen LogP contribution in [0.5, 0.6) is 0 Å². The van der Waals surface area contributed by atoms with Crippen LogP contribution in [0.2, 0.25) is 0 Å². The number of carboxylic acids is 1. The van der Waals surface area contributed by atoms with E-state index < -0.39 is 22.4 Å². The van der Waals surface area contributed by atoms with Crippen LogP contribution in [0.25, 0.3) is 0 Å². The van der Waals surface area contributed by atoms with Crippen molar-refractivity contribution in [1.82, 2.24) is 15.0 Å². The van der Waals surface area contributed by atoms with Gasteiger partial charge in [0, 0.05) is 12.6 Å². The number of nitro benzene ring substituents is 1. The number of aromatic carboxylic acids is 1. The van der Waals surface area contributed by atoms with E-state index in [9.17, 15) is 19.3 Å². The first-order valence-corrected chi connectivity index (χ1v) is 5.72.